The van der Waals surface area contributed by atoms with Crippen molar-refractivity contribution in [2.24, 2.45) is 5.92 Å². The molecule has 0 aliphatic carbocycles. The van der Waals surface area contributed by atoms with Crippen LogP contribution in [0.1, 0.15) is 27.4 Å². The molecule has 7 nitrogen and oxygen atoms in total. The Kier molecular flexibility index (Phi) is 7.72. The van der Waals surface area contributed by atoms with Gasteiger partial charge in [0.2, 0.25) is 5.91 Å². The van der Waals surface area contributed by atoms with Crippen LogP contribution in [0.25, 0.3) is 0 Å². The van der Waals surface area contributed by atoms with E-state index in [0.29, 0.717) is 36.7 Å². The molecule has 2 heterocycles. The number of amides is 2. The molecule has 2 saturated heterocycles. The highest BCUT2D eigenvalue weighted by Gasteiger charge is 2.44. The zero-order valence-corrected chi connectivity index (χ0v) is 22.6. The van der Waals surface area contributed by atoms with Crippen molar-refractivity contribution in [1.82, 2.24) is 9.80 Å². The van der Waals surface area contributed by atoms with Crippen LogP contribution in [0, 0.1) is 18.7 Å². The van der Waals surface area contributed by atoms with Gasteiger partial charge in [-0.25, -0.2) is 4.39 Å². The van der Waals surface area contributed by atoms with Crippen LogP contribution in [-0.4, -0.2) is 75.1 Å². The number of hydrogen-bond donors (Lipinski definition) is 0. The van der Waals surface area contributed by atoms with Crippen molar-refractivity contribution in [2.45, 2.75) is 12.8 Å². The predicted octanol–water partition coefficient (Wildman–Crippen LogP) is 4.36. The number of para-hydroxylation sites is 1. The number of piperazine rings is 1. The van der Waals surface area contributed by atoms with Crippen LogP contribution in [0.15, 0.2) is 66.7 Å². The number of benzene rings is 3. The maximum Gasteiger partial charge on any atom is 0.253 e. The summed E-state index contributed by atoms with van der Waals surface area (Å²) in [5.41, 5.74) is 3.64. The molecule has 0 spiro atoms. The van der Waals surface area contributed by atoms with E-state index in [0.717, 1.165) is 18.7 Å². The standard InChI is InChI=1S/C31H34FN3O4/c1-21-6-4-5-7-28(21)33-14-16-34(17-15-33)31(37)27-20-35(30(36)22-8-10-23(32)11-9-22)19-26(27)25-18-24(38-2)12-13-29(25)39-3/h4-13,18,26-27H,14-17,19-20H2,1-3H3. The molecule has 204 valence electrons. The van der Waals surface area contributed by atoms with Crippen molar-refractivity contribution in [2.75, 3.05) is 58.4 Å². The molecule has 2 aliphatic heterocycles. The molecule has 0 aromatic heterocycles. The zero-order valence-electron chi connectivity index (χ0n) is 22.6. The van der Waals surface area contributed by atoms with Crippen molar-refractivity contribution >= 4 is 17.5 Å². The summed E-state index contributed by atoms with van der Waals surface area (Å²) in [4.78, 5) is 33.4. The van der Waals surface area contributed by atoms with E-state index in [1.165, 1.54) is 35.5 Å². The first-order valence-corrected chi connectivity index (χ1v) is 13.3. The lowest BCUT2D eigenvalue weighted by Gasteiger charge is -2.38. The van der Waals surface area contributed by atoms with Crippen molar-refractivity contribution in [3.05, 3.63) is 89.2 Å². The normalized spacial score (nSPS) is 19.2. The third-order valence-corrected chi connectivity index (χ3v) is 7.90. The van der Waals surface area contributed by atoms with Gasteiger partial charge in [0.1, 0.15) is 17.3 Å². The van der Waals surface area contributed by atoms with Crippen LogP contribution in [0.3, 0.4) is 0 Å². The lowest BCUT2D eigenvalue weighted by Crippen LogP contribution is -2.51. The number of carbonyl (C=O) groups is 2. The van der Waals surface area contributed by atoms with Crippen LogP contribution < -0.4 is 14.4 Å². The summed E-state index contributed by atoms with van der Waals surface area (Å²) in [5.74, 6) is 0.00285. The monoisotopic (exact) mass is 531 g/mol. The largest absolute Gasteiger partial charge is 0.497 e. The highest BCUT2D eigenvalue weighted by atomic mass is 19.1. The summed E-state index contributed by atoms with van der Waals surface area (Å²) in [6, 6.07) is 19.4. The number of ether oxygens (including phenoxy) is 2. The Labute approximate surface area is 228 Å². The van der Waals surface area contributed by atoms with E-state index in [4.69, 9.17) is 9.47 Å². The molecule has 2 unspecified atom stereocenters. The molecule has 0 radical (unpaired) electrons. The second-order valence-electron chi connectivity index (χ2n) is 10.1. The van der Waals surface area contributed by atoms with E-state index in [1.54, 1.807) is 19.1 Å². The number of nitrogens with zero attached hydrogens (tertiary/aromatic N) is 3. The van der Waals surface area contributed by atoms with Crippen molar-refractivity contribution in [1.29, 1.82) is 0 Å². The van der Waals surface area contributed by atoms with Gasteiger partial charge in [-0.3, -0.25) is 9.59 Å². The highest BCUT2D eigenvalue weighted by molar-refractivity contribution is 5.95. The predicted molar refractivity (Wildman–Crippen MR) is 148 cm³/mol. The number of halogens is 1. The molecule has 0 saturated carbocycles. The van der Waals surface area contributed by atoms with E-state index >= 15 is 0 Å². The second kappa shape index (κ2) is 11.4. The summed E-state index contributed by atoms with van der Waals surface area (Å²) >= 11 is 0. The SMILES string of the molecule is COc1ccc(OC)c(C2CN(C(=O)c3ccc(F)cc3)CC2C(=O)N2CCN(c3ccccc3C)CC2)c1. The minimum atomic E-state index is -0.444. The summed E-state index contributed by atoms with van der Waals surface area (Å²) in [5, 5.41) is 0. The van der Waals surface area contributed by atoms with Gasteiger partial charge in [0.05, 0.1) is 20.1 Å². The summed E-state index contributed by atoms with van der Waals surface area (Å²) in [6.45, 7) is 5.43. The summed E-state index contributed by atoms with van der Waals surface area (Å²) < 4.78 is 24.6. The fourth-order valence-corrected chi connectivity index (χ4v) is 5.76. The second-order valence-corrected chi connectivity index (χ2v) is 10.1. The number of anilines is 1. The minimum absolute atomic E-state index is 0.0312. The van der Waals surface area contributed by atoms with Crippen LogP contribution >= 0.6 is 0 Å². The number of hydrogen-bond acceptors (Lipinski definition) is 5. The number of rotatable bonds is 6. The van der Waals surface area contributed by atoms with E-state index in [2.05, 4.69) is 24.0 Å². The van der Waals surface area contributed by atoms with Gasteiger partial charge in [-0.05, 0) is 61.0 Å². The highest BCUT2D eigenvalue weighted by Crippen LogP contribution is 2.41. The number of aryl methyl sites for hydroxylation is 1. The molecule has 0 bridgehead atoms. The Morgan fingerprint density at radius 3 is 2.23 bits per heavy atom. The third-order valence-electron chi connectivity index (χ3n) is 7.90. The molecular formula is C31H34FN3O4. The lowest BCUT2D eigenvalue weighted by atomic mass is 9.87. The van der Waals surface area contributed by atoms with Gasteiger partial charge in [0.25, 0.3) is 5.91 Å². The molecule has 2 fully saturated rings. The van der Waals surface area contributed by atoms with Crippen LogP contribution in [-0.2, 0) is 4.79 Å². The molecular weight excluding hydrogens is 497 g/mol. The van der Waals surface area contributed by atoms with Gasteiger partial charge in [0.15, 0.2) is 0 Å². The number of likely N-dealkylation sites (tertiary alicyclic amines) is 1. The Balaban J connectivity index is 1.40. The summed E-state index contributed by atoms with van der Waals surface area (Å²) in [7, 11) is 3.20. The average Bonchev–Trinajstić information content (AvgIpc) is 3.42. The van der Waals surface area contributed by atoms with Gasteiger partial charge < -0.3 is 24.2 Å². The van der Waals surface area contributed by atoms with Gasteiger partial charge in [0, 0.05) is 62.0 Å². The number of carbonyl (C=O) groups excluding carboxylic acids is 2. The zero-order chi connectivity index (χ0) is 27.5. The maximum absolute atomic E-state index is 14.0. The van der Waals surface area contributed by atoms with E-state index in [1.807, 2.05) is 35.2 Å². The smallest absolute Gasteiger partial charge is 0.253 e. The molecule has 8 heteroatoms. The van der Waals surface area contributed by atoms with Gasteiger partial charge in [-0.1, -0.05) is 18.2 Å². The molecule has 39 heavy (non-hydrogen) atoms. The third kappa shape index (κ3) is 5.41. The van der Waals surface area contributed by atoms with Crippen LogP contribution in [0.2, 0.25) is 0 Å². The molecule has 2 amide bonds. The van der Waals surface area contributed by atoms with Crippen molar-refractivity contribution < 1.29 is 23.5 Å². The first-order chi connectivity index (χ1) is 18.9. The molecule has 2 aliphatic rings. The molecule has 3 aromatic carbocycles. The van der Waals surface area contributed by atoms with Gasteiger partial charge >= 0.3 is 0 Å². The maximum atomic E-state index is 14.0. The molecule has 3 aromatic rings. The molecule has 2 atom stereocenters. The van der Waals surface area contributed by atoms with Crippen molar-refractivity contribution in [3.63, 3.8) is 0 Å². The van der Waals surface area contributed by atoms with Gasteiger partial charge in [-0.15, -0.1) is 0 Å². The Hall–Kier alpha value is -4.07. The Morgan fingerprint density at radius 1 is 0.846 bits per heavy atom. The fraction of sp³-hybridized carbons (Fsp3) is 0.355. The van der Waals surface area contributed by atoms with E-state index in [-0.39, 0.29) is 24.3 Å². The van der Waals surface area contributed by atoms with Crippen LogP contribution in [0.5, 0.6) is 11.5 Å². The first-order valence-electron chi connectivity index (χ1n) is 13.3. The molecule has 5 rings (SSSR count). The quantitative estimate of drug-likeness (QED) is 0.473. The van der Waals surface area contributed by atoms with E-state index in [9.17, 15) is 14.0 Å². The molecule has 0 N–H and O–H groups in total. The lowest BCUT2D eigenvalue weighted by molar-refractivity contribution is -0.135. The van der Waals surface area contributed by atoms with Crippen molar-refractivity contribution in [3.8, 4) is 11.5 Å². The topological polar surface area (TPSA) is 62.3 Å². The average molecular weight is 532 g/mol. The number of methoxy groups -OCH3 is 2. The first kappa shape index (κ1) is 26.5. The van der Waals surface area contributed by atoms with Crippen LogP contribution in [0.4, 0.5) is 10.1 Å². The fourth-order valence-electron chi connectivity index (χ4n) is 5.76. The van der Waals surface area contributed by atoms with Gasteiger partial charge in [-0.2, -0.15) is 0 Å². The Bertz CT molecular complexity index is 1340. The minimum Gasteiger partial charge on any atom is -0.497 e. The van der Waals surface area contributed by atoms with E-state index < -0.39 is 11.7 Å². The summed E-state index contributed by atoms with van der Waals surface area (Å²) in [6.07, 6.45) is 0. The Morgan fingerprint density at radius 2 is 1.56 bits per heavy atom.